The van der Waals surface area contributed by atoms with E-state index in [1.807, 2.05) is 12.1 Å². The van der Waals surface area contributed by atoms with E-state index in [2.05, 4.69) is 36.2 Å². The van der Waals surface area contributed by atoms with Crippen molar-refractivity contribution in [2.75, 3.05) is 19.0 Å². The molecule has 2 unspecified atom stereocenters. The van der Waals surface area contributed by atoms with E-state index < -0.39 is 5.54 Å². The third-order valence-corrected chi connectivity index (χ3v) is 4.66. The SMILES string of the molecule is COC(=O)C1(Nc2cccc(C)c2)CC(C)N(C2CC2)C1. The van der Waals surface area contributed by atoms with Crippen LogP contribution in [0.4, 0.5) is 5.69 Å². The maximum atomic E-state index is 12.4. The van der Waals surface area contributed by atoms with Crippen molar-refractivity contribution in [1.29, 1.82) is 0 Å². The van der Waals surface area contributed by atoms with Crippen LogP contribution < -0.4 is 5.32 Å². The van der Waals surface area contributed by atoms with E-state index in [0.717, 1.165) is 18.7 Å². The van der Waals surface area contributed by atoms with Gasteiger partial charge in [0.15, 0.2) is 0 Å². The molecule has 1 heterocycles. The first-order chi connectivity index (χ1) is 10.0. The third-order valence-electron chi connectivity index (χ3n) is 4.66. The molecule has 2 fully saturated rings. The molecule has 4 nitrogen and oxygen atoms in total. The lowest BCUT2D eigenvalue weighted by atomic mass is 9.95. The lowest BCUT2D eigenvalue weighted by Gasteiger charge is -2.29. The number of benzene rings is 1. The summed E-state index contributed by atoms with van der Waals surface area (Å²) in [4.78, 5) is 14.9. The van der Waals surface area contributed by atoms with Crippen molar-refractivity contribution < 1.29 is 9.53 Å². The first-order valence-electron chi connectivity index (χ1n) is 7.73. The highest BCUT2D eigenvalue weighted by molar-refractivity contribution is 5.85. The number of nitrogens with zero attached hydrogens (tertiary/aromatic N) is 1. The van der Waals surface area contributed by atoms with E-state index >= 15 is 0 Å². The van der Waals surface area contributed by atoms with E-state index in [1.54, 1.807) is 0 Å². The van der Waals surface area contributed by atoms with Crippen LogP contribution in [0.1, 0.15) is 31.7 Å². The summed E-state index contributed by atoms with van der Waals surface area (Å²) in [6, 6.07) is 9.24. The maximum Gasteiger partial charge on any atom is 0.332 e. The van der Waals surface area contributed by atoms with Crippen molar-refractivity contribution in [3.63, 3.8) is 0 Å². The summed E-state index contributed by atoms with van der Waals surface area (Å²) in [5.74, 6) is -0.154. The highest BCUT2D eigenvalue weighted by Crippen LogP contribution is 2.39. The number of rotatable bonds is 4. The molecule has 0 bridgehead atoms. The average molecular weight is 288 g/mol. The number of esters is 1. The first kappa shape index (κ1) is 14.4. The molecule has 1 saturated carbocycles. The maximum absolute atomic E-state index is 12.4. The molecule has 114 valence electrons. The fraction of sp³-hybridized carbons (Fsp3) is 0.588. The number of likely N-dealkylation sites (tertiary alicyclic amines) is 1. The highest BCUT2D eigenvalue weighted by atomic mass is 16.5. The number of nitrogens with one attached hydrogen (secondary N) is 1. The standard InChI is InChI=1S/C17H24N2O2/c1-12-5-4-6-14(9-12)18-17(16(20)21-3)10-13(2)19(11-17)15-7-8-15/h4-6,9,13,15,18H,7-8,10-11H2,1-3H3. The molecule has 21 heavy (non-hydrogen) atoms. The Hall–Kier alpha value is -1.55. The highest BCUT2D eigenvalue weighted by Gasteiger charge is 2.52. The summed E-state index contributed by atoms with van der Waals surface area (Å²) in [5.41, 5.74) is 1.56. The molecule has 1 N–H and O–H groups in total. The molecule has 0 aromatic heterocycles. The molecule has 0 radical (unpaired) electrons. The van der Waals surface area contributed by atoms with Crippen LogP contribution >= 0.6 is 0 Å². The Kier molecular flexibility index (Phi) is 3.66. The van der Waals surface area contributed by atoms with Gasteiger partial charge in [0.2, 0.25) is 0 Å². The van der Waals surface area contributed by atoms with Crippen molar-refractivity contribution >= 4 is 11.7 Å². The van der Waals surface area contributed by atoms with Crippen molar-refractivity contribution in [3.8, 4) is 0 Å². The summed E-state index contributed by atoms with van der Waals surface area (Å²) in [6.07, 6.45) is 3.31. The van der Waals surface area contributed by atoms with E-state index in [9.17, 15) is 4.79 Å². The second-order valence-corrected chi connectivity index (χ2v) is 6.52. The molecule has 3 rings (SSSR count). The number of anilines is 1. The number of carbonyl (C=O) groups excluding carboxylic acids is 1. The Morgan fingerprint density at radius 2 is 2.19 bits per heavy atom. The fourth-order valence-electron chi connectivity index (χ4n) is 3.53. The number of hydrogen-bond acceptors (Lipinski definition) is 4. The summed E-state index contributed by atoms with van der Waals surface area (Å²) in [7, 11) is 1.48. The second-order valence-electron chi connectivity index (χ2n) is 6.52. The monoisotopic (exact) mass is 288 g/mol. The number of methoxy groups -OCH3 is 1. The van der Waals surface area contributed by atoms with Gasteiger partial charge in [0.25, 0.3) is 0 Å². The molecule has 2 atom stereocenters. The molecule has 1 aliphatic heterocycles. The van der Waals surface area contributed by atoms with Crippen LogP contribution in [0.2, 0.25) is 0 Å². The Morgan fingerprint density at radius 3 is 2.81 bits per heavy atom. The normalized spacial score (nSPS) is 29.4. The van der Waals surface area contributed by atoms with Crippen LogP contribution in [0.5, 0.6) is 0 Å². The molecule has 0 amide bonds. The largest absolute Gasteiger partial charge is 0.467 e. The van der Waals surface area contributed by atoms with Gasteiger partial charge in [-0.15, -0.1) is 0 Å². The predicted molar refractivity (Wildman–Crippen MR) is 83.4 cm³/mol. The molecule has 0 spiro atoms. The van der Waals surface area contributed by atoms with Crippen LogP contribution in [-0.4, -0.2) is 42.1 Å². The van der Waals surface area contributed by atoms with Gasteiger partial charge >= 0.3 is 5.97 Å². The number of carbonyl (C=O) groups is 1. The first-order valence-corrected chi connectivity index (χ1v) is 7.73. The quantitative estimate of drug-likeness (QED) is 0.865. The van der Waals surface area contributed by atoms with Gasteiger partial charge in [-0.3, -0.25) is 4.90 Å². The molecular formula is C17H24N2O2. The van der Waals surface area contributed by atoms with Gasteiger partial charge in [-0.2, -0.15) is 0 Å². The lowest BCUT2D eigenvalue weighted by molar-refractivity contribution is -0.145. The van der Waals surface area contributed by atoms with Crippen LogP contribution in [0.3, 0.4) is 0 Å². The lowest BCUT2D eigenvalue weighted by Crippen LogP contribution is -2.49. The zero-order chi connectivity index (χ0) is 15.0. The van der Waals surface area contributed by atoms with E-state index in [4.69, 9.17) is 4.74 Å². The zero-order valence-electron chi connectivity index (χ0n) is 13.1. The van der Waals surface area contributed by atoms with Crippen LogP contribution in [0, 0.1) is 6.92 Å². The summed E-state index contributed by atoms with van der Waals surface area (Å²) >= 11 is 0. The van der Waals surface area contributed by atoms with Gasteiger partial charge in [0, 0.05) is 24.3 Å². The Bertz CT molecular complexity index is 541. The molecule has 1 saturated heterocycles. The van der Waals surface area contributed by atoms with Crippen molar-refractivity contribution in [3.05, 3.63) is 29.8 Å². The Morgan fingerprint density at radius 1 is 1.43 bits per heavy atom. The van der Waals surface area contributed by atoms with Crippen molar-refractivity contribution in [2.24, 2.45) is 0 Å². The van der Waals surface area contributed by atoms with E-state index in [0.29, 0.717) is 12.1 Å². The minimum Gasteiger partial charge on any atom is -0.467 e. The van der Waals surface area contributed by atoms with Crippen LogP contribution in [-0.2, 0) is 9.53 Å². The van der Waals surface area contributed by atoms with Gasteiger partial charge in [0.1, 0.15) is 5.54 Å². The fourth-order valence-corrected chi connectivity index (χ4v) is 3.53. The van der Waals surface area contributed by atoms with E-state index in [1.165, 1.54) is 25.5 Å². The van der Waals surface area contributed by atoms with Gasteiger partial charge in [0.05, 0.1) is 7.11 Å². The molecule has 1 aromatic rings. The van der Waals surface area contributed by atoms with Gasteiger partial charge in [-0.1, -0.05) is 12.1 Å². The Labute approximate surface area is 126 Å². The predicted octanol–water partition coefficient (Wildman–Crippen LogP) is 2.58. The number of ether oxygens (including phenoxy) is 1. The molecule has 2 aliphatic rings. The molecule has 1 aromatic carbocycles. The summed E-state index contributed by atoms with van der Waals surface area (Å²) in [5, 5.41) is 3.47. The summed E-state index contributed by atoms with van der Waals surface area (Å²) < 4.78 is 5.11. The van der Waals surface area contributed by atoms with Crippen LogP contribution in [0.15, 0.2) is 24.3 Å². The summed E-state index contributed by atoms with van der Waals surface area (Å²) in [6.45, 7) is 5.00. The van der Waals surface area contributed by atoms with E-state index in [-0.39, 0.29) is 5.97 Å². The topological polar surface area (TPSA) is 41.6 Å². The molecule has 1 aliphatic carbocycles. The minimum absolute atomic E-state index is 0.154. The Balaban J connectivity index is 1.86. The van der Waals surface area contributed by atoms with Crippen LogP contribution in [0.25, 0.3) is 0 Å². The molecule has 4 heteroatoms. The van der Waals surface area contributed by atoms with Gasteiger partial charge in [-0.25, -0.2) is 4.79 Å². The van der Waals surface area contributed by atoms with Gasteiger partial charge in [-0.05, 0) is 50.8 Å². The van der Waals surface area contributed by atoms with Gasteiger partial charge < -0.3 is 10.1 Å². The smallest absolute Gasteiger partial charge is 0.332 e. The number of aryl methyl sites for hydroxylation is 1. The van der Waals surface area contributed by atoms with Crippen molar-refractivity contribution in [1.82, 2.24) is 4.90 Å². The second kappa shape index (κ2) is 5.34. The average Bonchev–Trinajstić information content (AvgIpc) is 3.23. The zero-order valence-corrected chi connectivity index (χ0v) is 13.1. The minimum atomic E-state index is -0.620. The third kappa shape index (κ3) is 2.77. The van der Waals surface area contributed by atoms with Crippen molar-refractivity contribution in [2.45, 2.75) is 50.7 Å². The molecular weight excluding hydrogens is 264 g/mol. The number of hydrogen-bond donors (Lipinski definition) is 1.